The van der Waals surface area contributed by atoms with Gasteiger partial charge in [0, 0.05) is 21.4 Å². The van der Waals surface area contributed by atoms with Gasteiger partial charge in [-0.1, -0.05) is 24.6 Å². The number of nitrogens with one attached hydrogen (secondary N) is 1. The summed E-state index contributed by atoms with van der Waals surface area (Å²) in [6.07, 6.45) is 5.57. The van der Waals surface area contributed by atoms with Crippen LogP contribution in [-0.2, 0) is 0 Å². The topological polar surface area (TPSA) is 55.1 Å². The molecule has 3 rings (SSSR count). The summed E-state index contributed by atoms with van der Waals surface area (Å²) in [6, 6.07) is 6.31. The van der Waals surface area contributed by atoms with Crippen LogP contribution in [0.4, 0.5) is 5.69 Å². The average molecular weight is 320 g/mol. The molecule has 0 bridgehead atoms. The predicted octanol–water partition coefficient (Wildman–Crippen LogP) is 3.81. The SMILES string of the molecule is CSC1CCCC1NC(=O)c1sc2c(C)cccc2c1N. The van der Waals surface area contributed by atoms with Gasteiger partial charge in [-0.2, -0.15) is 11.8 Å². The van der Waals surface area contributed by atoms with E-state index in [1.807, 2.05) is 23.9 Å². The second-order valence-corrected chi connectivity index (χ2v) is 7.68. The van der Waals surface area contributed by atoms with E-state index in [1.54, 1.807) is 0 Å². The van der Waals surface area contributed by atoms with Crippen molar-refractivity contribution < 1.29 is 4.79 Å². The van der Waals surface area contributed by atoms with Gasteiger partial charge in [0.25, 0.3) is 5.91 Å². The molecule has 0 spiro atoms. The zero-order valence-electron chi connectivity index (χ0n) is 12.3. The summed E-state index contributed by atoms with van der Waals surface area (Å²) in [4.78, 5) is 13.2. The lowest BCUT2D eigenvalue weighted by Gasteiger charge is -2.18. The quantitative estimate of drug-likeness (QED) is 0.904. The second-order valence-electron chi connectivity index (χ2n) is 5.58. The van der Waals surface area contributed by atoms with Crippen molar-refractivity contribution in [2.24, 2.45) is 0 Å². The number of hydrogen-bond donors (Lipinski definition) is 2. The van der Waals surface area contributed by atoms with Crippen LogP contribution in [0.3, 0.4) is 0 Å². The van der Waals surface area contributed by atoms with Crippen LogP contribution in [-0.4, -0.2) is 23.5 Å². The molecule has 1 aromatic heterocycles. The Labute approximate surface area is 133 Å². The molecule has 0 saturated heterocycles. The molecule has 2 unspecified atom stereocenters. The fourth-order valence-electron chi connectivity index (χ4n) is 3.06. The van der Waals surface area contributed by atoms with Crippen LogP contribution < -0.4 is 11.1 Å². The normalized spacial score (nSPS) is 21.8. The maximum atomic E-state index is 12.6. The largest absolute Gasteiger partial charge is 0.397 e. The van der Waals surface area contributed by atoms with Crippen molar-refractivity contribution in [1.29, 1.82) is 0 Å². The van der Waals surface area contributed by atoms with Gasteiger partial charge in [-0.25, -0.2) is 0 Å². The highest BCUT2D eigenvalue weighted by Crippen LogP contribution is 2.36. The summed E-state index contributed by atoms with van der Waals surface area (Å²) >= 11 is 3.35. The number of amides is 1. The van der Waals surface area contributed by atoms with Gasteiger partial charge in [0.15, 0.2) is 0 Å². The zero-order chi connectivity index (χ0) is 15.0. The molecule has 1 fully saturated rings. The van der Waals surface area contributed by atoms with Crippen LogP contribution in [0.5, 0.6) is 0 Å². The van der Waals surface area contributed by atoms with E-state index < -0.39 is 0 Å². The predicted molar refractivity (Wildman–Crippen MR) is 93.4 cm³/mol. The first kappa shape index (κ1) is 14.7. The average Bonchev–Trinajstić information content (AvgIpc) is 3.05. The molecular weight excluding hydrogens is 300 g/mol. The number of anilines is 1. The monoisotopic (exact) mass is 320 g/mol. The van der Waals surface area contributed by atoms with Crippen LogP contribution in [0.1, 0.15) is 34.5 Å². The fourth-order valence-corrected chi connectivity index (χ4v) is 5.08. The molecule has 3 nitrogen and oxygen atoms in total. The third kappa shape index (κ3) is 2.64. The first-order chi connectivity index (χ1) is 10.1. The van der Waals surface area contributed by atoms with Gasteiger partial charge in [0.1, 0.15) is 4.88 Å². The minimum Gasteiger partial charge on any atom is -0.397 e. The van der Waals surface area contributed by atoms with Gasteiger partial charge in [0.2, 0.25) is 0 Å². The highest BCUT2D eigenvalue weighted by molar-refractivity contribution is 7.99. The molecule has 21 heavy (non-hydrogen) atoms. The summed E-state index contributed by atoms with van der Waals surface area (Å²) in [5.74, 6) is -0.0148. The summed E-state index contributed by atoms with van der Waals surface area (Å²) < 4.78 is 1.12. The maximum absolute atomic E-state index is 12.6. The first-order valence-electron chi connectivity index (χ1n) is 7.23. The Balaban J connectivity index is 1.88. The maximum Gasteiger partial charge on any atom is 0.263 e. The van der Waals surface area contributed by atoms with Crippen LogP contribution in [0.25, 0.3) is 10.1 Å². The Bertz CT molecular complexity index is 680. The standard InChI is InChI=1S/C16H20N2OS2/c1-9-5-3-6-10-13(17)15(21-14(9)10)16(19)18-11-7-4-8-12(11)20-2/h3,5-6,11-12H,4,7-8,17H2,1-2H3,(H,18,19). The Kier molecular flexibility index (Phi) is 4.13. The minimum absolute atomic E-state index is 0.0148. The van der Waals surface area contributed by atoms with E-state index >= 15 is 0 Å². The second kappa shape index (κ2) is 5.89. The molecule has 112 valence electrons. The van der Waals surface area contributed by atoms with Crippen molar-refractivity contribution in [1.82, 2.24) is 5.32 Å². The zero-order valence-corrected chi connectivity index (χ0v) is 13.9. The number of rotatable bonds is 3. The molecule has 0 aliphatic heterocycles. The van der Waals surface area contributed by atoms with Crippen molar-refractivity contribution in [3.8, 4) is 0 Å². The van der Waals surface area contributed by atoms with E-state index in [4.69, 9.17) is 5.73 Å². The number of thiophene rings is 1. The summed E-state index contributed by atoms with van der Waals surface area (Å²) in [6.45, 7) is 2.06. The Morgan fingerprint density at radius 1 is 1.43 bits per heavy atom. The number of carbonyl (C=O) groups is 1. The molecule has 0 radical (unpaired) electrons. The molecule has 5 heteroatoms. The molecule has 1 amide bonds. The lowest BCUT2D eigenvalue weighted by atomic mass is 10.1. The van der Waals surface area contributed by atoms with Gasteiger partial charge < -0.3 is 11.1 Å². The van der Waals surface area contributed by atoms with Crippen molar-refractivity contribution in [3.63, 3.8) is 0 Å². The van der Waals surface area contributed by atoms with Gasteiger partial charge in [0.05, 0.1) is 5.69 Å². The number of hydrogen-bond acceptors (Lipinski definition) is 4. The number of benzene rings is 1. The molecule has 1 heterocycles. The van der Waals surface area contributed by atoms with Crippen molar-refractivity contribution in [2.75, 3.05) is 12.0 Å². The number of aryl methyl sites for hydroxylation is 1. The third-order valence-electron chi connectivity index (χ3n) is 4.23. The highest BCUT2D eigenvalue weighted by Gasteiger charge is 2.29. The number of fused-ring (bicyclic) bond motifs is 1. The summed E-state index contributed by atoms with van der Waals surface area (Å²) in [5.41, 5.74) is 7.99. The van der Waals surface area contributed by atoms with E-state index in [2.05, 4.69) is 24.6 Å². The smallest absolute Gasteiger partial charge is 0.263 e. The van der Waals surface area contributed by atoms with E-state index in [0.717, 1.165) is 16.5 Å². The molecule has 1 saturated carbocycles. The summed E-state index contributed by atoms with van der Waals surface area (Å²) in [5, 5.41) is 4.72. The van der Waals surface area contributed by atoms with Crippen LogP contribution >= 0.6 is 23.1 Å². The Morgan fingerprint density at radius 3 is 2.95 bits per heavy atom. The van der Waals surface area contributed by atoms with Crippen LogP contribution in [0, 0.1) is 6.92 Å². The molecule has 1 aromatic carbocycles. The van der Waals surface area contributed by atoms with Crippen LogP contribution in [0.2, 0.25) is 0 Å². The van der Waals surface area contributed by atoms with Gasteiger partial charge in [-0.3, -0.25) is 4.79 Å². The number of thioether (sulfide) groups is 1. The van der Waals surface area contributed by atoms with Gasteiger partial charge in [-0.15, -0.1) is 11.3 Å². The molecule has 2 aromatic rings. The van der Waals surface area contributed by atoms with E-state index in [1.165, 1.54) is 29.7 Å². The van der Waals surface area contributed by atoms with Crippen molar-refractivity contribution >= 4 is 44.8 Å². The van der Waals surface area contributed by atoms with Crippen molar-refractivity contribution in [3.05, 3.63) is 28.6 Å². The van der Waals surface area contributed by atoms with Crippen LogP contribution in [0.15, 0.2) is 18.2 Å². The molecule has 2 atom stereocenters. The molecule has 1 aliphatic carbocycles. The minimum atomic E-state index is -0.0148. The third-order valence-corrected chi connectivity index (χ3v) is 6.75. The number of nitrogens with two attached hydrogens (primary N) is 1. The molecule has 1 aliphatic rings. The number of carbonyl (C=O) groups excluding carboxylic acids is 1. The Hall–Kier alpha value is -1.20. The highest BCUT2D eigenvalue weighted by atomic mass is 32.2. The van der Waals surface area contributed by atoms with E-state index in [0.29, 0.717) is 15.8 Å². The fraction of sp³-hybridized carbons (Fsp3) is 0.438. The lowest BCUT2D eigenvalue weighted by molar-refractivity contribution is 0.0943. The molecular formula is C16H20N2OS2. The number of nitrogen functional groups attached to an aromatic ring is 1. The lowest BCUT2D eigenvalue weighted by Crippen LogP contribution is -2.38. The van der Waals surface area contributed by atoms with Gasteiger partial charge >= 0.3 is 0 Å². The first-order valence-corrected chi connectivity index (χ1v) is 9.33. The van der Waals surface area contributed by atoms with E-state index in [9.17, 15) is 4.79 Å². The van der Waals surface area contributed by atoms with E-state index in [-0.39, 0.29) is 11.9 Å². The Morgan fingerprint density at radius 2 is 2.24 bits per heavy atom. The molecule has 3 N–H and O–H groups in total. The summed E-state index contributed by atoms with van der Waals surface area (Å²) in [7, 11) is 0. The van der Waals surface area contributed by atoms with Crippen molar-refractivity contribution in [2.45, 2.75) is 37.5 Å². The van der Waals surface area contributed by atoms with Gasteiger partial charge in [-0.05, 0) is 31.6 Å².